The van der Waals surface area contributed by atoms with Gasteiger partial charge in [-0.05, 0) is 30.7 Å². The number of nitro benzene ring substituents is 1. The third-order valence-electron chi connectivity index (χ3n) is 3.80. The number of ether oxygens (including phenoxy) is 3. The molecule has 0 unspecified atom stereocenters. The quantitative estimate of drug-likeness (QED) is 0.352. The normalized spacial score (nSPS) is 13.2. The molecule has 1 N–H and O–H groups in total. The number of nitro groups is 1. The average molecular weight is 384 g/mol. The number of nitrogens with zero attached hydrogens (tertiary/aromatic N) is 1. The Hall–Kier alpha value is -3.88. The van der Waals surface area contributed by atoms with Crippen LogP contribution in [0.1, 0.15) is 12.5 Å². The minimum atomic E-state index is -1.05. The van der Waals surface area contributed by atoms with Crippen molar-refractivity contribution in [3.8, 4) is 11.5 Å². The van der Waals surface area contributed by atoms with Crippen LogP contribution in [0.5, 0.6) is 11.5 Å². The zero-order chi connectivity index (χ0) is 20.1. The van der Waals surface area contributed by atoms with Crippen molar-refractivity contribution in [2.24, 2.45) is 0 Å². The molecule has 28 heavy (non-hydrogen) atoms. The zero-order valence-corrected chi connectivity index (χ0v) is 14.8. The van der Waals surface area contributed by atoms with Gasteiger partial charge in [-0.25, -0.2) is 4.79 Å². The fourth-order valence-electron chi connectivity index (χ4n) is 2.39. The van der Waals surface area contributed by atoms with E-state index in [2.05, 4.69) is 5.32 Å². The van der Waals surface area contributed by atoms with Gasteiger partial charge in [0.2, 0.25) is 6.79 Å². The van der Waals surface area contributed by atoms with Gasteiger partial charge < -0.3 is 19.5 Å². The Bertz CT molecular complexity index is 955. The molecule has 2 aromatic rings. The molecular formula is C19H16N2O7. The molecule has 1 aliphatic heterocycles. The van der Waals surface area contributed by atoms with Crippen LogP contribution in [-0.2, 0) is 14.3 Å². The van der Waals surface area contributed by atoms with Crippen molar-refractivity contribution in [3.05, 3.63) is 64.2 Å². The molecule has 0 bridgehead atoms. The molecular weight excluding hydrogens is 368 g/mol. The molecule has 1 aliphatic rings. The summed E-state index contributed by atoms with van der Waals surface area (Å²) < 4.78 is 15.5. The number of rotatable bonds is 6. The van der Waals surface area contributed by atoms with Gasteiger partial charge in [0, 0.05) is 30.0 Å². The lowest BCUT2D eigenvalue weighted by Gasteiger charge is -2.12. The fraction of sp³-hybridized carbons (Fsp3) is 0.158. The summed E-state index contributed by atoms with van der Waals surface area (Å²) in [6, 6.07) is 10.7. The molecule has 1 atom stereocenters. The first kappa shape index (κ1) is 18.9. The van der Waals surface area contributed by atoms with Crippen molar-refractivity contribution < 1.29 is 28.7 Å². The summed E-state index contributed by atoms with van der Waals surface area (Å²) in [6.07, 6.45) is 1.42. The van der Waals surface area contributed by atoms with Crippen molar-refractivity contribution in [2.45, 2.75) is 13.0 Å². The molecule has 0 saturated carbocycles. The lowest BCUT2D eigenvalue weighted by molar-refractivity contribution is -0.384. The number of amides is 1. The Morgan fingerprint density at radius 3 is 2.79 bits per heavy atom. The molecule has 1 amide bonds. The second kappa shape index (κ2) is 8.21. The van der Waals surface area contributed by atoms with E-state index in [0.717, 1.165) is 6.08 Å². The highest BCUT2D eigenvalue weighted by Crippen LogP contribution is 2.34. The summed E-state index contributed by atoms with van der Waals surface area (Å²) in [5, 5.41) is 13.4. The molecule has 0 aliphatic carbocycles. The third-order valence-corrected chi connectivity index (χ3v) is 3.80. The van der Waals surface area contributed by atoms with Gasteiger partial charge in [-0.1, -0.05) is 12.1 Å². The van der Waals surface area contributed by atoms with Crippen LogP contribution in [0.2, 0.25) is 0 Å². The van der Waals surface area contributed by atoms with Gasteiger partial charge in [0.15, 0.2) is 17.6 Å². The first-order valence-corrected chi connectivity index (χ1v) is 8.26. The molecule has 0 radical (unpaired) electrons. The minimum Gasteiger partial charge on any atom is -0.454 e. The standard InChI is InChI=1S/C19H16N2O7/c1-12(19(23)20-14-6-7-16-17(10-14)27-11-26-16)28-18(22)8-5-13-3-2-4-15(9-13)21(24)25/h2-10,12H,11H2,1H3,(H,20,23)/b8-5+/t12-/m1/s1. The summed E-state index contributed by atoms with van der Waals surface area (Å²) in [5.74, 6) is -0.165. The summed E-state index contributed by atoms with van der Waals surface area (Å²) >= 11 is 0. The van der Waals surface area contributed by atoms with E-state index in [0.29, 0.717) is 22.7 Å². The van der Waals surface area contributed by atoms with Crippen molar-refractivity contribution in [1.29, 1.82) is 0 Å². The average Bonchev–Trinajstić information content (AvgIpc) is 3.14. The molecule has 2 aromatic carbocycles. The van der Waals surface area contributed by atoms with Crippen molar-refractivity contribution in [3.63, 3.8) is 0 Å². The highest BCUT2D eigenvalue weighted by atomic mass is 16.7. The molecule has 1 heterocycles. The molecule has 0 aromatic heterocycles. The van der Waals surface area contributed by atoms with E-state index < -0.39 is 22.9 Å². The number of carbonyl (C=O) groups is 2. The van der Waals surface area contributed by atoms with Crippen LogP contribution in [0.4, 0.5) is 11.4 Å². The van der Waals surface area contributed by atoms with Gasteiger partial charge in [0.1, 0.15) is 0 Å². The first-order chi connectivity index (χ1) is 13.4. The number of nitrogens with one attached hydrogen (secondary N) is 1. The number of hydrogen-bond donors (Lipinski definition) is 1. The maximum absolute atomic E-state index is 12.2. The van der Waals surface area contributed by atoms with Crippen LogP contribution in [-0.4, -0.2) is 29.7 Å². The second-order valence-corrected chi connectivity index (χ2v) is 5.82. The van der Waals surface area contributed by atoms with E-state index >= 15 is 0 Å². The van der Waals surface area contributed by atoms with Crippen LogP contribution < -0.4 is 14.8 Å². The molecule has 9 nitrogen and oxygen atoms in total. The molecule has 0 saturated heterocycles. The number of anilines is 1. The van der Waals surface area contributed by atoms with Crippen LogP contribution in [0.3, 0.4) is 0 Å². The summed E-state index contributed by atoms with van der Waals surface area (Å²) in [7, 11) is 0. The number of fused-ring (bicyclic) bond motifs is 1. The molecule has 144 valence electrons. The number of carbonyl (C=O) groups excluding carboxylic acids is 2. The second-order valence-electron chi connectivity index (χ2n) is 5.82. The Morgan fingerprint density at radius 1 is 1.21 bits per heavy atom. The number of hydrogen-bond acceptors (Lipinski definition) is 7. The van der Waals surface area contributed by atoms with Gasteiger partial charge >= 0.3 is 5.97 Å². The van der Waals surface area contributed by atoms with Gasteiger partial charge in [-0.15, -0.1) is 0 Å². The minimum absolute atomic E-state index is 0.0908. The first-order valence-electron chi connectivity index (χ1n) is 8.26. The van der Waals surface area contributed by atoms with E-state index in [9.17, 15) is 19.7 Å². The Balaban J connectivity index is 1.55. The Labute approximate surface area is 159 Å². The number of non-ortho nitro benzene ring substituents is 1. The summed E-state index contributed by atoms with van der Waals surface area (Å²) in [4.78, 5) is 34.3. The Morgan fingerprint density at radius 2 is 2.00 bits per heavy atom. The zero-order valence-electron chi connectivity index (χ0n) is 14.8. The molecule has 9 heteroatoms. The summed E-state index contributed by atoms with van der Waals surface area (Å²) in [5.41, 5.74) is 0.847. The highest BCUT2D eigenvalue weighted by molar-refractivity contribution is 5.96. The van der Waals surface area contributed by atoms with Crippen LogP contribution in [0.15, 0.2) is 48.5 Å². The van der Waals surface area contributed by atoms with Gasteiger partial charge in [0.05, 0.1) is 4.92 Å². The maximum Gasteiger partial charge on any atom is 0.331 e. The molecule has 0 spiro atoms. The van der Waals surface area contributed by atoms with Crippen LogP contribution in [0.25, 0.3) is 6.08 Å². The predicted molar refractivity (Wildman–Crippen MR) is 98.9 cm³/mol. The van der Waals surface area contributed by atoms with E-state index in [-0.39, 0.29) is 12.5 Å². The summed E-state index contributed by atoms with van der Waals surface area (Å²) in [6.45, 7) is 1.55. The molecule has 3 rings (SSSR count). The monoisotopic (exact) mass is 384 g/mol. The predicted octanol–water partition coefficient (Wildman–Crippen LogP) is 2.91. The molecule has 0 fully saturated rings. The lowest BCUT2D eigenvalue weighted by atomic mass is 10.2. The number of benzene rings is 2. The number of esters is 1. The Kier molecular flexibility index (Phi) is 5.54. The van der Waals surface area contributed by atoms with Crippen LogP contribution in [0, 0.1) is 10.1 Å². The lowest BCUT2D eigenvalue weighted by Crippen LogP contribution is -2.29. The van der Waals surface area contributed by atoms with Gasteiger partial charge in [-0.2, -0.15) is 0 Å². The van der Waals surface area contributed by atoms with E-state index in [1.165, 1.54) is 31.2 Å². The topological polar surface area (TPSA) is 117 Å². The van der Waals surface area contributed by atoms with Crippen LogP contribution >= 0.6 is 0 Å². The third kappa shape index (κ3) is 4.64. The highest BCUT2D eigenvalue weighted by Gasteiger charge is 2.19. The van der Waals surface area contributed by atoms with E-state index in [1.54, 1.807) is 24.3 Å². The fourth-order valence-corrected chi connectivity index (χ4v) is 2.39. The van der Waals surface area contributed by atoms with Crippen molar-refractivity contribution >= 4 is 29.3 Å². The van der Waals surface area contributed by atoms with E-state index in [4.69, 9.17) is 14.2 Å². The smallest absolute Gasteiger partial charge is 0.331 e. The van der Waals surface area contributed by atoms with Crippen molar-refractivity contribution in [1.82, 2.24) is 0 Å². The maximum atomic E-state index is 12.2. The van der Waals surface area contributed by atoms with Gasteiger partial charge in [-0.3, -0.25) is 14.9 Å². The van der Waals surface area contributed by atoms with Gasteiger partial charge in [0.25, 0.3) is 11.6 Å². The van der Waals surface area contributed by atoms with Crippen molar-refractivity contribution in [2.75, 3.05) is 12.1 Å². The largest absolute Gasteiger partial charge is 0.454 e. The SMILES string of the molecule is C[C@@H](OC(=O)/C=C/c1cccc([N+](=O)[O-])c1)C(=O)Nc1ccc2c(c1)OCO2. The van der Waals surface area contributed by atoms with E-state index in [1.807, 2.05) is 0 Å².